The Bertz CT molecular complexity index is 678. The van der Waals surface area contributed by atoms with Crippen molar-refractivity contribution in [2.75, 3.05) is 0 Å². The standard InChI is InChI=1S/C10H6N4O/c1-14-9-3-7(5-12)6(4-11)2-8(9)13-10(14)15/h2-3H,1H3,(H,13,15). The number of hydrogen-bond donors (Lipinski definition) is 1. The number of H-pyrrole nitrogens is 1. The fraction of sp³-hybridized carbons (Fsp3) is 0.100. The predicted octanol–water partition coefficient (Wildman–Crippen LogP) is 0.610. The highest BCUT2D eigenvalue weighted by molar-refractivity contribution is 5.79. The van der Waals surface area contributed by atoms with Crippen molar-refractivity contribution in [3.05, 3.63) is 33.7 Å². The Balaban J connectivity index is 2.97. The van der Waals surface area contributed by atoms with Crippen LogP contribution < -0.4 is 5.69 Å². The van der Waals surface area contributed by atoms with Crippen LogP contribution in [0.2, 0.25) is 0 Å². The Morgan fingerprint density at radius 2 is 1.87 bits per heavy atom. The minimum atomic E-state index is -0.260. The molecule has 1 heterocycles. The van der Waals surface area contributed by atoms with Gasteiger partial charge in [0, 0.05) is 7.05 Å². The zero-order valence-corrected chi connectivity index (χ0v) is 7.90. The van der Waals surface area contributed by atoms with Gasteiger partial charge in [0.1, 0.15) is 12.1 Å². The molecule has 5 nitrogen and oxygen atoms in total. The van der Waals surface area contributed by atoms with Crippen molar-refractivity contribution in [2.45, 2.75) is 0 Å². The first-order chi connectivity index (χ1) is 7.17. The smallest absolute Gasteiger partial charge is 0.306 e. The van der Waals surface area contributed by atoms with E-state index in [4.69, 9.17) is 10.5 Å². The van der Waals surface area contributed by atoms with E-state index in [2.05, 4.69) is 4.98 Å². The monoisotopic (exact) mass is 198 g/mol. The maximum atomic E-state index is 11.3. The second kappa shape index (κ2) is 3.00. The summed E-state index contributed by atoms with van der Waals surface area (Å²) in [6.45, 7) is 0. The molecule has 0 fully saturated rings. The number of nitrogens with one attached hydrogen (secondary N) is 1. The molecular weight excluding hydrogens is 192 g/mol. The molecule has 0 aliphatic rings. The van der Waals surface area contributed by atoms with Crippen LogP contribution in [0.15, 0.2) is 16.9 Å². The van der Waals surface area contributed by atoms with Crippen molar-refractivity contribution < 1.29 is 0 Å². The zero-order chi connectivity index (χ0) is 11.0. The summed E-state index contributed by atoms with van der Waals surface area (Å²) in [7, 11) is 1.61. The van der Waals surface area contributed by atoms with Gasteiger partial charge in [-0.15, -0.1) is 0 Å². The largest absolute Gasteiger partial charge is 0.326 e. The van der Waals surface area contributed by atoms with Gasteiger partial charge in [-0.3, -0.25) is 4.57 Å². The maximum Gasteiger partial charge on any atom is 0.326 e. The molecular formula is C10H6N4O. The molecule has 0 aliphatic heterocycles. The van der Waals surface area contributed by atoms with Gasteiger partial charge in [0.2, 0.25) is 0 Å². The number of nitrogens with zero attached hydrogens (tertiary/aromatic N) is 3. The molecule has 15 heavy (non-hydrogen) atoms. The predicted molar refractivity (Wildman–Crippen MR) is 53.0 cm³/mol. The number of imidazole rings is 1. The SMILES string of the molecule is Cn1c(=O)[nH]c2cc(C#N)c(C#N)cc21. The normalized spacial score (nSPS) is 9.80. The molecule has 0 aliphatic carbocycles. The van der Waals surface area contributed by atoms with E-state index in [1.165, 1.54) is 16.7 Å². The Hall–Kier alpha value is -2.53. The van der Waals surface area contributed by atoms with Gasteiger partial charge in [-0.2, -0.15) is 10.5 Å². The summed E-state index contributed by atoms with van der Waals surface area (Å²) in [6, 6.07) is 6.88. The van der Waals surface area contributed by atoms with Crippen LogP contribution in [0.1, 0.15) is 11.1 Å². The molecule has 0 unspecified atom stereocenters. The van der Waals surface area contributed by atoms with Crippen LogP contribution in [0.25, 0.3) is 11.0 Å². The van der Waals surface area contributed by atoms with Crippen molar-refractivity contribution in [3.63, 3.8) is 0 Å². The van der Waals surface area contributed by atoms with Gasteiger partial charge in [0.15, 0.2) is 0 Å². The van der Waals surface area contributed by atoms with Gasteiger partial charge in [-0.05, 0) is 12.1 Å². The highest BCUT2D eigenvalue weighted by atomic mass is 16.1. The molecule has 5 heteroatoms. The van der Waals surface area contributed by atoms with Crippen LogP contribution >= 0.6 is 0 Å². The van der Waals surface area contributed by atoms with Crippen LogP contribution in [0.5, 0.6) is 0 Å². The minimum Gasteiger partial charge on any atom is -0.306 e. The number of fused-ring (bicyclic) bond motifs is 1. The van der Waals surface area contributed by atoms with Crippen LogP contribution in [0, 0.1) is 22.7 Å². The molecule has 1 aromatic carbocycles. The average molecular weight is 198 g/mol. The number of hydrogen-bond acceptors (Lipinski definition) is 3. The zero-order valence-electron chi connectivity index (χ0n) is 7.90. The van der Waals surface area contributed by atoms with Crippen LogP contribution in [-0.2, 0) is 7.05 Å². The molecule has 2 aromatic rings. The van der Waals surface area contributed by atoms with Crippen molar-refractivity contribution in [1.29, 1.82) is 10.5 Å². The van der Waals surface area contributed by atoms with E-state index in [9.17, 15) is 4.79 Å². The quantitative estimate of drug-likeness (QED) is 0.672. The van der Waals surface area contributed by atoms with E-state index in [1.54, 1.807) is 7.05 Å². The lowest BCUT2D eigenvalue weighted by atomic mass is 10.1. The molecule has 1 N–H and O–H groups in total. The molecule has 0 amide bonds. The van der Waals surface area contributed by atoms with Gasteiger partial charge >= 0.3 is 5.69 Å². The number of aromatic nitrogens is 2. The maximum absolute atomic E-state index is 11.3. The third-order valence-corrected chi connectivity index (χ3v) is 2.28. The summed E-state index contributed by atoms with van der Waals surface area (Å²) in [4.78, 5) is 13.9. The van der Waals surface area contributed by atoms with E-state index < -0.39 is 0 Å². The van der Waals surface area contributed by atoms with E-state index in [-0.39, 0.29) is 16.8 Å². The van der Waals surface area contributed by atoms with E-state index >= 15 is 0 Å². The van der Waals surface area contributed by atoms with E-state index in [0.717, 1.165) is 0 Å². The molecule has 0 saturated carbocycles. The van der Waals surface area contributed by atoms with Gasteiger partial charge in [-0.25, -0.2) is 4.79 Å². The lowest BCUT2D eigenvalue weighted by Gasteiger charge is -1.96. The molecule has 72 valence electrons. The number of benzene rings is 1. The van der Waals surface area contributed by atoms with Crippen molar-refractivity contribution in [3.8, 4) is 12.1 Å². The number of rotatable bonds is 0. The van der Waals surface area contributed by atoms with Gasteiger partial charge in [0.25, 0.3) is 0 Å². The minimum absolute atomic E-state index is 0.260. The summed E-state index contributed by atoms with van der Waals surface area (Å²) >= 11 is 0. The lowest BCUT2D eigenvalue weighted by molar-refractivity contribution is 0.891. The second-order valence-electron chi connectivity index (χ2n) is 3.13. The molecule has 0 saturated heterocycles. The van der Waals surface area contributed by atoms with Crippen LogP contribution in [-0.4, -0.2) is 9.55 Å². The summed E-state index contributed by atoms with van der Waals surface area (Å²) in [6.07, 6.45) is 0. The van der Waals surface area contributed by atoms with Gasteiger partial charge in [0.05, 0.1) is 22.2 Å². The molecule has 0 spiro atoms. The molecule has 1 aromatic heterocycles. The first kappa shape index (κ1) is 9.04. The van der Waals surface area contributed by atoms with Crippen molar-refractivity contribution in [2.24, 2.45) is 7.05 Å². The Morgan fingerprint density at radius 1 is 1.27 bits per heavy atom. The third kappa shape index (κ3) is 1.18. The average Bonchev–Trinajstić information content (AvgIpc) is 2.53. The molecule has 0 bridgehead atoms. The topological polar surface area (TPSA) is 85.4 Å². The van der Waals surface area contributed by atoms with E-state index in [0.29, 0.717) is 11.0 Å². The summed E-state index contributed by atoms with van der Waals surface area (Å²) in [5.41, 5.74) is 1.48. The number of aromatic amines is 1. The first-order valence-electron chi connectivity index (χ1n) is 4.20. The van der Waals surface area contributed by atoms with Gasteiger partial charge < -0.3 is 4.98 Å². The molecule has 0 atom stereocenters. The molecule has 2 rings (SSSR count). The fourth-order valence-electron chi connectivity index (χ4n) is 1.46. The third-order valence-electron chi connectivity index (χ3n) is 2.28. The molecule has 0 radical (unpaired) electrons. The Morgan fingerprint density at radius 3 is 2.47 bits per heavy atom. The number of aryl methyl sites for hydroxylation is 1. The summed E-state index contributed by atoms with van der Waals surface area (Å²) in [5.74, 6) is 0. The Labute approximate surface area is 84.8 Å². The van der Waals surface area contributed by atoms with Crippen LogP contribution in [0.4, 0.5) is 0 Å². The first-order valence-corrected chi connectivity index (χ1v) is 4.20. The summed E-state index contributed by atoms with van der Waals surface area (Å²) in [5, 5.41) is 17.6. The Kier molecular flexibility index (Phi) is 1.81. The summed E-state index contributed by atoms with van der Waals surface area (Å²) < 4.78 is 1.40. The highest BCUT2D eigenvalue weighted by Crippen LogP contribution is 2.15. The fourth-order valence-corrected chi connectivity index (χ4v) is 1.46. The second-order valence-corrected chi connectivity index (χ2v) is 3.13. The van der Waals surface area contributed by atoms with E-state index in [1.807, 2.05) is 12.1 Å². The highest BCUT2D eigenvalue weighted by Gasteiger charge is 2.08. The number of nitriles is 2. The lowest BCUT2D eigenvalue weighted by Crippen LogP contribution is -2.11. The van der Waals surface area contributed by atoms with Crippen molar-refractivity contribution >= 4 is 11.0 Å². The van der Waals surface area contributed by atoms with Crippen molar-refractivity contribution in [1.82, 2.24) is 9.55 Å². The van der Waals surface area contributed by atoms with Crippen LogP contribution in [0.3, 0.4) is 0 Å². The van der Waals surface area contributed by atoms with Gasteiger partial charge in [-0.1, -0.05) is 0 Å².